The van der Waals surface area contributed by atoms with E-state index >= 15 is 0 Å². The fourth-order valence-corrected chi connectivity index (χ4v) is 6.72. The molecular weight excluding hydrogens is 688 g/mol. The molecule has 0 spiro atoms. The van der Waals surface area contributed by atoms with Crippen LogP contribution in [0.4, 0.5) is 0 Å². The molecule has 286 valence electrons. The Morgan fingerprint density at radius 3 is 2.37 bits per heavy atom. The van der Waals surface area contributed by atoms with E-state index in [9.17, 15) is 19.2 Å². The summed E-state index contributed by atoms with van der Waals surface area (Å²) in [6.45, 7) is 9.19. The van der Waals surface area contributed by atoms with E-state index in [1.807, 2.05) is 42.5 Å². The predicted molar refractivity (Wildman–Crippen MR) is 199 cm³/mol. The van der Waals surface area contributed by atoms with Crippen LogP contribution in [0, 0.1) is 25.7 Å². The highest BCUT2D eigenvalue weighted by molar-refractivity contribution is 5.99. The summed E-state index contributed by atoms with van der Waals surface area (Å²) in [6.07, 6.45) is 4.07. The van der Waals surface area contributed by atoms with Crippen LogP contribution in [0.5, 0.6) is 5.75 Å². The minimum Gasteiger partial charge on any atom is -0.491 e. The van der Waals surface area contributed by atoms with Gasteiger partial charge in [0.15, 0.2) is 11.6 Å². The van der Waals surface area contributed by atoms with Crippen molar-refractivity contribution in [3.05, 3.63) is 94.4 Å². The van der Waals surface area contributed by atoms with Gasteiger partial charge in [-0.25, -0.2) is 9.67 Å². The van der Waals surface area contributed by atoms with Crippen LogP contribution in [-0.2, 0) is 40.2 Å². The van der Waals surface area contributed by atoms with Crippen LogP contribution in [-0.4, -0.2) is 68.3 Å². The third-order valence-electron chi connectivity index (χ3n) is 9.69. The Morgan fingerprint density at radius 2 is 1.70 bits per heavy atom. The fraction of sp³-hybridized carbons (Fsp3) is 0.475. The smallest absolute Gasteiger partial charge is 0.257 e. The van der Waals surface area contributed by atoms with Crippen molar-refractivity contribution in [3.63, 3.8) is 0 Å². The first kappa shape index (κ1) is 38.2. The van der Waals surface area contributed by atoms with Gasteiger partial charge in [0.05, 0.1) is 17.8 Å². The minimum absolute atomic E-state index is 0.101. The fourth-order valence-electron chi connectivity index (χ4n) is 6.72. The summed E-state index contributed by atoms with van der Waals surface area (Å²) >= 11 is 0. The molecule has 0 radical (unpaired) electrons. The summed E-state index contributed by atoms with van der Waals surface area (Å²) < 4.78 is 13.0. The van der Waals surface area contributed by atoms with Crippen LogP contribution in [0.25, 0.3) is 0 Å². The van der Waals surface area contributed by atoms with Crippen molar-refractivity contribution in [2.45, 2.75) is 104 Å². The first-order chi connectivity index (χ1) is 25.9. The van der Waals surface area contributed by atoms with Gasteiger partial charge in [-0.2, -0.15) is 5.10 Å². The van der Waals surface area contributed by atoms with Gasteiger partial charge in [-0.05, 0) is 81.5 Å². The number of rotatable bonds is 8. The molecule has 2 aromatic carbocycles. The number of aromatic nitrogens is 4. The molecule has 3 aliphatic rings. The molecule has 1 saturated carbocycles. The number of aryl methyl sites for hydroxylation is 2. The van der Waals surface area contributed by atoms with Gasteiger partial charge < -0.3 is 30.5 Å². The van der Waals surface area contributed by atoms with Gasteiger partial charge in [0.1, 0.15) is 42.3 Å². The molecule has 2 aliphatic heterocycles. The highest BCUT2D eigenvalue weighted by atomic mass is 16.5. The lowest BCUT2D eigenvalue weighted by molar-refractivity contribution is -0.130. The number of amides is 4. The van der Waals surface area contributed by atoms with E-state index in [-0.39, 0.29) is 43.0 Å². The lowest BCUT2D eigenvalue weighted by Crippen LogP contribution is -2.54. The molecule has 4 N–H and O–H groups in total. The number of hydrogen-bond donors (Lipinski definition) is 4. The zero-order chi connectivity index (χ0) is 38.4. The summed E-state index contributed by atoms with van der Waals surface area (Å²) in [4.78, 5) is 60.0. The van der Waals surface area contributed by atoms with Crippen LogP contribution < -0.4 is 26.0 Å². The number of fused-ring (bicyclic) bond motifs is 14. The largest absolute Gasteiger partial charge is 0.491 e. The van der Waals surface area contributed by atoms with Gasteiger partial charge in [-0.3, -0.25) is 19.2 Å². The Labute approximate surface area is 315 Å². The standard InChI is InChI=1S/C40H50N8O6/c1-23(2)17-30-22-53-31-15-13-28(14-16-31)19-33(44-40(52)36-24(3)47-54-26(36)5)39(51)41-25(4)38(50)43-32(18-27-9-7-6-8-10-27)37-45-34(20-29-11-12-29)46-48(37)21-35(49)42-30/h6-10,13-16,23,25,29-30,32-33H,11-12,17-22H2,1-5H3,(H,41,51)(H,42,49)(H,43,50)(H,44,52)/t25-,30+,32-,33+/m1/s1. The highest BCUT2D eigenvalue weighted by Crippen LogP contribution is 2.32. The molecule has 2 bridgehead atoms. The second-order valence-electron chi connectivity index (χ2n) is 15.0. The summed E-state index contributed by atoms with van der Waals surface area (Å²) in [5.74, 6) is 1.01. The van der Waals surface area contributed by atoms with Crippen molar-refractivity contribution in [2.75, 3.05) is 6.61 Å². The highest BCUT2D eigenvalue weighted by Gasteiger charge is 2.31. The molecule has 0 saturated heterocycles. The zero-order valence-electron chi connectivity index (χ0n) is 31.6. The molecule has 14 heteroatoms. The molecule has 0 unspecified atom stereocenters. The van der Waals surface area contributed by atoms with Crippen LogP contribution in [0.15, 0.2) is 59.1 Å². The van der Waals surface area contributed by atoms with Gasteiger partial charge in [-0.1, -0.05) is 61.5 Å². The quantitative estimate of drug-likeness (QED) is 0.210. The minimum atomic E-state index is -1.04. The van der Waals surface area contributed by atoms with E-state index in [0.29, 0.717) is 54.0 Å². The molecular formula is C40H50N8O6. The number of benzene rings is 2. The summed E-state index contributed by atoms with van der Waals surface area (Å²) in [6, 6.07) is 13.9. The average molecular weight is 739 g/mol. The third-order valence-corrected chi connectivity index (χ3v) is 9.69. The van der Waals surface area contributed by atoms with Crippen molar-refractivity contribution in [2.24, 2.45) is 11.8 Å². The molecule has 4 heterocycles. The summed E-state index contributed by atoms with van der Waals surface area (Å²) in [5.41, 5.74) is 2.35. The monoisotopic (exact) mass is 738 g/mol. The summed E-state index contributed by atoms with van der Waals surface area (Å²) in [5, 5.41) is 20.6. The zero-order valence-corrected chi connectivity index (χ0v) is 31.6. The predicted octanol–water partition coefficient (Wildman–Crippen LogP) is 3.70. The van der Waals surface area contributed by atoms with Crippen molar-refractivity contribution in [3.8, 4) is 5.75 Å². The second-order valence-corrected chi connectivity index (χ2v) is 15.0. The number of ether oxygens (including phenoxy) is 1. The number of hydrogen-bond acceptors (Lipinski definition) is 9. The lowest BCUT2D eigenvalue weighted by atomic mass is 10.0. The average Bonchev–Trinajstić information content (AvgIpc) is 3.76. The Morgan fingerprint density at radius 1 is 0.963 bits per heavy atom. The Bertz CT molecular complexity index is 1920. The van der Waals surface area contributed by atoms with Gasteiger partial charge in [-0.15, -0.1) is 0 Å². The Hall–Kier alpha value is -5.53. The maximum atomic E-state index is 14.0. The second kappa shape index (κ2) is 17.1. The lowest BCUT2D eigenvalue weighted by Gasteiger charge is -2.25. The molecule has 4 aromatic rings. The van der Waals surface area contributed by atoms with E-state index in [0.717, 1.165) is 24.0 Å². The van der Waals surface area contributed by atoms with E-state index < -0.39 is 35.8 Å². The molecule has 14 nitrogen and oxygen atoms in total. The number of carbonyl (C=O) groups excluding carboxylic acids is 4. The number of nitrogens with zero attached hydrogens (tertiary/aromatic N) is 4. The molecule has 1 fully saturated rings. The van der Waals surface area contributed by atoms with Crippen LogP contribution >= 0.6 is 0 Å². The molecule has 4 amide bonds. The number of nitrogens with one attached hydrogen (secondary N) is 4. The molecule has 1 aliphatic carbocycles. The van der Waals surface area contributed by atoms with Crippen LogP contribution in [0.1, 0.15) is 90.7 Å². The number of carbonyl (C=O) groups is 4. The van der Waals surface area contributed by atoms with Crippen molar-refractivity contribution >= 4 is 23.6 Å². The Kier molecular flexibility index (Phi) is 12.1. The van der Waals surface area contributed by atoms with Gasteiger partial charge in [0.2, 0.25) is 17.7 Å². The van der Waals surface area contributed by atoms with Crippen molar-refractivity contribution in [1.29, 1.82) is 0 Å². The maximum Gasteiger partial charge on any atom is 0.257 e. The molecule has 2 aromatic heterocycles. The first-order valence-electron chi connectivity index (χ1n) is 18.7. The van der Waals surface area contributed by atoms with Crippen molar-refractivity contribution in [1.82, 2.24) is 41.2 Å². The van der Waals surface area contributed by atoms with E-state index in [1.54, 1.807) is 37.6 Å². The van der Waals surface area contributed by atoms with Gasteiger partial charge >= 0.3 is 0 Å². The SMILES string of the molecule is Cc1noc(C)c1C(=O)N[C@H]1Cc2ccc(cc2)OC[C@H](CC(C)C)NC(=O)Cn2nc(CC3CC3)nc2[C@@H](Cc2ccccc2)NC(=O)[C@@H](C)NC1=O. The van der Waals surface area contributed by atoms with Crippen molar-refractivity contribution < 1.29 is 28.4 Å². The van der Waals surface area contributed by atoms with Crippen LogP contribution in [0.2, 0.25) is 0 Å². The molecule has 4 atom stereocenters. The first-order valence-corrected chi connectivity index (χ1v) is 18.7. The topological polar surface area (TPSA) is 182 Å². The van der Waals surface area contributed by atoms with E-state index in [2.05, 4.69) is 40.3 Å². The molecule has 54 heavy (non-hydrogen) atoms. The van der Waals surface area contributed by atoms with Gasteiger partial charge in [0, 0.05) is 12.8 Å². The molecule has 7 rings (SSSR count). The normalized spacial score (nSPS) is 21.4. The Balaban J connectivity index is 1.34. The van der Waals surface area contributed by atoms with E-state index in [4.69, 9.17) is 19.3 Å². The van der Waals surface area contributed by atoms with E-state index in [1.165, 1.54) is 0 Å². The van der Waals surface area contributed by atoms with Crippen LogP contribution in [0.3, 0.4) is 0 Å². The summed E-state index contributed by atoms with van der Waals surface area (Å²) in [7, 11) is 0. The van der Waals surface area contributed by atoms with Gasteiger partial charge in [0.25, 0.3) is 5.91 Å². The maximum absolute atomic E-state index is 14.0. The third kappa shape index (κ3) is 10.1.